The summed E-state index contributed by atoms with van der Waals surface area (Å²) in [5, 5.41) is 15.7. The Hall–Kier alpha value is -1.65. The maximum Gasteiger partial charge on any atom is 0.335 e. The highest BCUT2D eigenvalue weighted by molar-refractivity contribution is 9.11. The maximum atomic E-state index is 11.3. The number of halogens is 2. The van der Waals surface area contributed by atoms with Crippen molar-refractivity contribution < 1.29 is 9.90 Å². The second kappa shape index (κ2) is 4.42. The molecule has 102 valence electrons. The molecule has 0 aliphatic carbocycles. The third kappa shape index (κ3) is 1.79. The van der Waals surface area contributed by atoms with Crippen molar-refractivity contribution in [2.75, 3.05) is 0 Å². The minimum absolute atomic E-state index is 0.319. The zero-order valence-corrected chi connectivity index (χ0v) is 13.8. The molecule has 0 radical (unpaired) electrons. The quantitative estimate of drug-likeness (QED) is 0.407. The average Bonchev–Trinajstić information content (AvgIpc) is 2.46. The van der Waals surface area contributed by atoms with Gasteiger partial charge in [-0.05, 0) is 50.5 Å². The number of aromatic carboxylic acids is 1. The van der Waals surface area contributed by atoms with Crippen LogP contribution in [0.2, 0.25) is 0 Å². The number of carboxylic acid groups (broad SMARTS) is 1. The maximum absolute atomic E-state index is 11.3. The molecule has 21 heavy (non-hydrogen) atoms. The summed E-state index contributed by atoms with van der Waals surface area (Å²) in [4.78, 5) is 11.3. The SMILES string of the molecule is O=C(O)c1cc2ccc3c(Br)cc(Br)c4ccc(c1)c2c34. The van der Waals surface area contributed by atoms with E-state index in [1.165, 1.54) is 0 Å². The van der Waals surface area contributed by atoms with E-state index in [0.29, 0.717) is 5.56 Å². The first kappa shape index (κ1) is 13.0. The molecule has 0 saturated carbocycles. The average molecular weight is 404 g/mol. The van der Waals surface area contributed by atoms with Crippen LogP contribution < -0.4 is 0 Å². The first-order valence-electron chi connectivity index (χ1n) is 6.36. The zero-order valence-electron chi connectivity index (χ0n) is 10.7. The molecule has 0 spiro atoms. The van der Waals surface area contributed by atoms with Crippen LogP contribution in [-0.2, 0) is 0 Å². The molecule has 0 aromatic heterocycles. The Morgan fingerprint density at radius 3 is 1.81 bits per heavy atom. The predicted octanol–water partition coefficient (Wildman–Crippen LogP) is 5.81. The van der Waals surface area contributed by atoms with Gasteiger partial charge >= 0.3 is 5.97 Å². The lowest BCUT2D eigenvalue weighted by Gasteiger charge is -2.13. The van der Waals surface area contributed by atoms with Gasteiger partial charge in [-0.2, -0.15) is 0 Å². The van der Waals surface area contributed by atoms with Crippen molar-refractivity contribution in [2.24, 2.45) is 0 Å². The molecule has 4 aromatic rings. The number of carboxylic acids is 1. The Bertz CT molecular complexity index is 968. The highest BCUT2D eigenvalue weighted by Crippen LogP contribution is 2.41. The van der Waals surface area contributed by atoms with Crippen molar-refractivity contribution in [1.29, 1.82) is 0 Å². The van der Waals surface area contributed by atoms with Gasteiger partial charge in [-0.25, -0.2) is 4.79 Å². The second-order valence-electron chi connectivity index (χ2n) is 5.04. The molecule has 0 aliphatic heterocycles. The molecule has 0 fully saturated rings. The summed E-state index contributed by atoms with van der Waals surface area (Å²) in [6.07, 6.45) is 0. The zero-order chi connectivity index (χ0) is 14.7. The summed E-state index contributed by atoms with van der Waals surface area (Å²) in [5.74, 6) is -0.900. The van der Waals surface area contributed by atoms with E-state index in [9.17, 15) is 9.90 Å². The Morgan fingerprint density at radius 2 is 1.33 bits per heavy atom. The fourth-order valence-electron chi connectivity index (χ4n) is 2.95. The Labute approximate surface area is 137 Å². The van der Waals surface area contributed by atoms with Crippen LogP contribution in [0, 0.1) is 0 Å². The van der Waals surface area contributed by atoms with Crippen LogP contribution in [0.1, 0.15) is 10.4 Å². The van der Waals surface area contributed by atoms with Gasteiger partial charge in [0.1, 0.15) is 0 Å². The summed E-state index contributed by atoms with van der Waals surface area (Å²) in [5.41, 5.74) is 0.319. The molecule has 0 unspecified atom stereocenters. The molecular weight excluding hydrogens is 396 g/mol. The first-order chi connectivity index (χ1) is 10.1. The van der Waals surface area contributed by atoms with Crippen molar-refractivity contribution in [3.63, 3.8) is 0 Å². The van der Waals surface area contributed by atoms with Gasteiger partial charge < -0.3 is 5.11 Å². The minimum atomic E-state index is -0.900. The van der Waals surface area contributed by atoms with E-state index in [1.807, 2.05) is 30.3 Å². The number of hydrogen-bond acceptors (Lipinski definition) is 1. The molecule has 0 atom stereocenters. The van der Waals surface area contributed by atoms with Crippen molar-refractivity contribution in [3.8, 4) is 0 Å². The largest absolute Gasteiger partial charge is 0.478 e. The Balaban J connectivity index is 2.33. The van der Waals surface area contributed by atoms with E-state index in [0.717, 1.165) is 41.3 Å². The van der Waals surface area contributed by atoms with Crippen LogP contribution in [-0.4, -0.2) is 11.1 Å². The van der Waals surface area contributed by atoms with Gasteiger partial charge in [0.2, 0.25) is 0 Å². The van der Waals surface area contributed by atoms with Gasteiger partial charge in [0.05, 0.1) is 5.56 Å². The molecule has 2 nitrogen and oxygen atoms in total. The molecule has 0 saturated heterocycles. The number of hydrogen-bond donors (Lipinski definition) is 1. The highest BCUT2D eigenvalue weighted by atomic mass is 79.9. The van der Waals surface area contributed by atoms with Gasteiger partial charge in [-0.3, -0.25) is 0 Å². The van der Waals surface area contributed by atoms with Gasteiger partial charge in [-0.1, -0.05) is 56.1 Å². The standard InChI is InChI=1S/C17H8Br2O2/c18-13-7-14(19)12-4-2-9-6-10(17(20)21)5-8-1-3-11(13)16(12)15(8)9/h1-7H,(H,20,21). The molecule has 4 aromatic carbocycles. The van der Waals surface area contributed by atoms with Gasteiger partial charge in [-0.15, -0.1) is 0 Å². The smallest absolute Gasteiger partial charge is 0.335 e. The lowest BCUT2D eigenvalue weighted by atomic mass is 9.93. The first-order valence-corrected chi connectivity index (χ1v) is 7.95. The molecular formula is C17H8Br2O2. The van der Waals surface area contributed by atoms with Crippen LogP contribution in [0.25, 0.3) is 32.3 Å². The number of benzene rings is 4. The summed E-state index contributed by atoms with van der Waals surface area (Å²) in [7, 11) is 0. The minimum Gasteiger partial charge on any atom is -0.478 e. The summed E-state index contributed by atoms with van der Waals surface area (Å²) < 4.78 is 2.05. The topological polar surface area (TPSA) is 37.3 Å². The third-order valence-electron chi connectivity index (χ3n) is 3.86. The molecule has 0 heterocycles. The lowest BCUT2D eigenvalue weighted by molar-refractivity contribution is 0.0697. The highest BCUT2D eigenvalue weighted by Gasteiger charge is 2.14. The molecule has 1 N–H and O–H groups in total. The van der Waals surface area contributed by atoms with Crippen molar-refractivity contribution in [3.05, 3.63) is 57.0 Å². The lowest BCUT2D eigenvalue weighted by Crippen LogP contribution is -1.96. The van der Waals surface area contributed by atoms with Gasteiger partial charge in [0.25, 0.3) is 0 Å². The molecule has 4 rings (SSSR count). The fourth-order valence-corrected chi connectivity index (χ4v) is 4.38. The molecule has 0 bridgehead atoms. The Kier molecular flexibility index (Phi) is 2.75. The van der Waals surface area contributed by atoms with Gasteiger partial charge in [0.15, 0.2) is 0 Å². The molecule has 0 amide bonds. The predicted molar refractivity (Wildman–Crippen MR) is 92.5 cm³/mol. The van der Waals surface area contributed by atoms with Crippen LogP contribution in [0.4, 0.5) is 0 Å². The fraction of sp³-hybridized carbons (Fsp3) is 0. The van der Waals surface area contributed by atoms with Gasteiger partial charge in [0, 0.05) is 8.95 Å². The van der Waals surface area contributed by atoms with Crippen LogP contribution >= 0.6 is 31.9 Å². The summed E-state index contributed by atoms with van der Waals surface area (Å²) in [6.45, 7) is 0. The monoisotopic (exact) mass is 402 g/mol. The number of rotatable bonds is 1. The van der Waals surface area contributed by atoms with E-state index >= 15 is 0 Å². The Morgan fingerprint density at radius 1 is 0.810 bits per heavy atom. The van der Waals surface area contributed by atoms with Crippen LogP contribution in [0.15, 0.2) is 51.4 Å². The van der Waals surface area contributed by atoms with Crippen LogP contribution in [0.5, 0.6) is 0 Å². The van der Waals surface area contributed by atoms with E-state index in [1.54, 1.807) is 12.1 Å². The summed E-state index contributed by atoms with van der Waals surface area (Å²) in [6, 6.07) is 13.5. The normalized spacial score (nSPS) is 11.7. The summed E-state index contributed by atoms with van der Waals surface area (Å²) >= 11 is 7.21. The number of carbonyl (C=O) groups is 1. The van der Waals surface area contributed by atoms with Crippen molar-refractivity contribution in [1.82, 2.24) is 0 Å². The van der Waals surface area contributed by atoms with Crippen molar-refractivity contribution >= 4 is 70.1 Å². The van der Waals surface area contributed by atoms with Crippen molar-refractivity contribution in [2.45, 2.75) is 0 Å². The van der Waals surface area contributed by atoms with E-state index in [-0.39, 0.29) is 0 Å². The van der Waals surface area contributed by atoms with E-state index in [2.05, 4.69) is 31.9 Å². The third-order valence-corrected chi connectivity index (χ3v) is 5.17. The van der Waals surface area contributed by atoms with Crippen LogP contribution in [0.3, 0.4) is 0 Å². The van der Waals surface area contributed by atoms with E-state index < -0.39 is 5.97 Å². The second-order valence-corrected chi connectivity index (χ2v) is 6.75. The van der Waals surface area contributed by atoms with E-state index in [4.69, 9.17) is 0 Å². The molecule has 0 aliphatic rings. The molecule has 4 heteroatoms.